The summed E-state index contributed by atoms with van der Waals surface area (Å²) in [6.45, 7) is 33.2. The first kappa shape index (κ1) is 38.6. The number of hydrogen-bond donors (Lipinski definition) is 0. The number of esters is 1. The summed E-state index contributed by atoms with van der Waals surface area (Å²) < 4.78 is 40.1. The minimum Gasteiger partial charge on any atom is -0.459 e. The molecule has 0 saturated carbocycles. The third-order valence-corrected chi connectivity index (χ3v) is 20.4. The van der Waals surface area contributed by atoms with E-state index in [1.807, 2.05) is 0 Å². The second kappa shape index (κ2) is 14.7. The molecule has 0 radical (unpaired) electrons. The van der Waals surface area contributed by atoms with Crippen LogP contribution in [0.5, 0.6) is 0 Å². The normalized spacial score (nSPS) is 35.1. The molecule has 0 bridgehead atoms. The number of ether oxygens (including phenoxy) is 4. The van der Waals surface area contributed by atoms with Crippen molar-refractivity contribution in [3.05, 3.63) is 12.2 Å². The number of fused-ring (bicyclic) bond motifs is 1. The van der Waals surface area contributed by atoms with Gasteiger partial charge in [-0.1, -0.05) is 62.0 Å². The van der Waals surface area contributed by atoms with Crippen molar-refractivity contribution in [1.82, 2.24) is 0 Å². The molecule has 0 N–H and O–H groups in total. The fourth-order valence-corrected chi connectivity index (χ4v) is 8.68. The standard InChI is InChI=1S/C35H64O8Si2/c1-22-18-26(16-15-17-36)40-27(23(22)2)19-29-32(39-25(4)37)24(3)33-30(41-29)20-28(43-45(13,14)35(8,9)10)31(42-33)21-38-44(11,12)34(5,6)7/h17,22,24,26-33H,2,15-16,18-21H2,1,3-14H3/t22-,24-,26+,27-,28-,29+,30+,31-,32-,33+/m1/s1. The number of rotatable bonds is 11. The highest BCUT2D eigenvalue weighted by atomic mass is 28.4. The molecule has 0 unspecified atom stereocenters. The van der Waals surface area contributed by atoms with Gasteiger partial charge in [0.25, 0.3) is 0 Å². The Labute approximate surface area is 275 Å². The topological polar surface area (TPSA) is 89.5 Å². The van der Waals surface area contributed by atoms with Gasteiger partial charge in [0.1, 0.15) is 18.5 Å². The molecule has 10 heteroatoms. The SMILES string of the molecule is C=C1[C@H](C)C[C@H](CCC=O)O[C@@H]1C[C@@H]1O[C@H]2C[C@@H](O[Si](C)(C)C(C)(C)C)[C@@H](CO[Si](C)(C)C(C)(C)C)O[C@H]2[C@H](C)[C@H]1OC(C)=O. The summed E-state index contributed by atoms with van der Waals surface area (Å²) in [6, 6.07) is 0. The maximum atomic E-state index is 12.4. The zero-order valence-electron chi connectivity index (χ0n) is 30.6. The zero-order valence-corrected chi connectivity index (χ0v) is 32.6. The van der Waals surface area contributed by atoms with Crippen LogP contribution < -0.4 is 0 Å². The van der Waals surface area contributed by atoms with Gasteiger partial charge in [0.05, 0.1) is 43.2 Å². The van der Waals surface area contributed by atoms with Gasteiger partial charge in [-0.15, -0.1) is 0 Å². The Morgan fingerprint density at radius 2 is 1.58 bits per heavy atom. The highest BCUT2D eigenvalue weighted by Crippen LogP contribution is 2.45. The number of carbonyl (C=O) groups is 2. The molecule has 10 atom stereocenters. The van der Waals surface area contributed by atoms with Gasteiger partial charge in [0.2, 0.25) is 0 Å². The Morgan fingerprint density at radius 3 is 2.13 bits per heavy atom. The van der Waals surface area contributed by atoms with Gasteiger partial charge in [-0.25, -0.2) is 0 Å². The summed E-state index contributed by atoms with van der Waals surface area (Å²) in [4.78, 5) is 23.4. The average Bonchev–Trinajstić information content (AvgIpc) is 2.89. The van der Waals surface area contributed by atoms with Crippen LogP contribution in [0.4, 0.5) is 0 Å². The minimum absolute atomic E-state index is 0.0105. The van der Waals surface area contributed by atoms with Gasteiger partial charge in [-0.3, -0.25) is 4.79 Å². The Morgan fingerprint density at radius 1 is 0.956 bits per heavy atom. The largest absolute Gasteiger partial charge is 0.459 e. The van der Waals surface area contributed by atoms with Crippen LogP contribution in [0.2, 0.25) is 36.3 Å². The van der Waals surface area contributed by atoms with Crippen LogP contribution in [-0.4, -0.2) is 84.3 Å². The predicted molar refractivity (Wildman–Crippen MR) is 183 cm³/mol. The molecule has 260 valence electrons. The first-order chi connectivity index (χ1) is 20.6. The van der Waals surface area contributed by atoms with Crippen molar-refractivity contribution in [3.8, 4) is 0 Å². The summed E-state index contributed by atoms with van der Waals surface area (Å²) in [5, 5.41) is 0.109. The van der Waals surface area contributed by atoms with Gasteiger partial charge < -0.3 is 32.6 Å². The Bertz CT molecular complexity index is 1030. The van der Waals surface area contributed by atoms with E-state index in [2.05, 4.69) is 88.2 Å². The smallest absolute Gasteiger partial charge is 0.303 e. The highest BCUT2D eigenvalue weighted by Gasteiger charge is 2.54. The second-order valence-corrected chi connectivity index (χ2v) is 26.5. The molecule has 3 aliphatic heterocycles. The molecule has 3 fully saturated rings. The number of aldehydes is 1. The number of carbonyl (C=O) groups excluding carboxylic acids is 2. The number of hydrogen-bond acceptors (Lipinski definition) is 8. The Balaban J connectivity index is 1.89. The van der Waals surface area contributed by atoms with Gasteiger partial charge in [0.15, 0.2) is 16.6 Å². The van der Waals surface area contributed by atoms with Gasteiger partial charge in [-0.05, 0) is 60.6 Å². The fraction of sp³-hybridized carbons (Fsp3) is 0.886. The monoisotopic (exact) mass is 668 g/mol. The van der Waals surface area contributed by atoms with Crippen LogP contribution in [0.25, 0.3) is 0 Å². The van der Waals surface area contributed by atoms with Crippen LogP contribution in [0.15, 0.2) is 12.2 Å². The lowest BCUT2D eigenvalue weighted by atomic mass is 9.79. The predicted octanol–water partition coefficient (Wildman–Crippen LogP) is 7.61. The van der Waals surface area contributed by atoms with E-state index in [1.54, 1.807) is 0 Å². The van der Waals surface area contributed by atoms with E-state index in [0.29, 0.717) is 32.3 Å². The van der Waals surface area contributed by atoms with Crippen molar-refractivity contribution in [1.29, 1.82) is 0 Å². The van der Waals surface area contributed by atoms with E-state index in [1.165, 1.54) is 6.92 Å². The van der Waals surface area contributed by atoms with Crippen LogP contribution in [-0.2, 0) is 37.4 Å². The zero-order chi connectivity index (χ0) is 34.1. The average molecular weight is 669 g/mol. The van der Waals surface area contributed by atoms with Crippen molar-refractivity contribution >= 4 is 28.9 Å². The molecule has 0 spiro atoms. The van der Waals surface area contributed by atoms with Gasteiger partial charge in [0, 0.05) is 32.1 Å². The van der Waals surface area contributed by atoms with E-state index in [0.717, 1.165) is 18.3 Å². The first-order valence-electron chi connectivity index (χ1n) is 17.2. The molecule has 0 amide bonds. The van der Waals surface area contributed by atoms with Crippen molar-refractivity contribution in [2.75, 3.05) is 6.61 Å². The van der Waals surface area contributed by atoms with Crippen LogP contribution >= 0.6 is 0 Å². The van der Waals surface area contributed by atoms with Crippen molar-refractivity contribution < 1.29 is 37.4 Å². The molecule has 8 nitrogen and oxygen atoms in total. The molecule has 3 rings (SSSR count). The first-order valence-corrected chi connectivity index (χ1v) is 23.0. The Kier molecular flexibility index (Phi) is 12.6. The summed E-state index contributed by atoms with van der Waals surface area (Å²) in [5.74, 6) is -0.183. The van der Waals surface area contributed by atoms with E-state index >= 15 is 0 Å². The van der Waals surface area contributed by atoms with Crippen LogP contribution in [0.1, 0.15) is 94.4 Å². The third-order valence-electron chi connectivity index (χ3n) is 11.4. The molecule has 3 aliphatic rings. The van der Waals surface area contributed by atoms with E-state index in [4.69, 9.17) is 27.8 Å². The van der Waals surface area contributed by atoms with Crippen molar-refractivity contribution in [2.45, 2.75) is 180 Å². The molecule has 3 heterocycles. The molecule has 0 aromatic carbocycles. The third kappa shape index (κ3) is 9.39. The van der Waals surface area contributed by atoms with E-state index in [-0.39, 0.29) is 70.6 Å². The van der Waals surface area contributed by atoms with Crippen LogP contribution in [0.3, 0.4) is 0 Å². The molecule has 0 aromatic heterocycles. The summed E-state index contributed by atoms with van der Waals surface area (Å²) in [6.07, 6.45) is 2.11. The van der Waals surface area contributed by atoms with Crippen LogP contribution in [0, 0.1) is 11.8 Å². The van der Waals surface area contributed by atoms with Crippen molar-refractivity contribution in [2.24, 2.45) is 11.8 Å². The maximum Gasteiger partial charge on any atom is 0.303 e. The van der Waals surface area contributed by atoms with Gasteiger partial charge in [-0.2, -0.15) is 0 Å². The second-order valence-electron chi connectivity index (χ2n) is 16.9. The fourth-order valence-electron chi connectivity index (χ4n) is 6.31. The molecular weight excluding hydrogens is 605 g/mol. The van der Waals surface area contributed by atoms with Crippen molar-refractivity contribution in [3.63, 3.8) is 0 Å². The van der Waals surface area contributed by atoms with Gasteiger partial charge >= 0.3 is 5.97 Å². The molecule has 3 saturated heterocycles. The quantitative estimate of drug-likeness (QED) is 0.0962. The minimum atomic E-state index is -2.15. The maximum absolute atomic E-state index is 12.4. The molecule has 0 aromatic rings. The molecule has 0 aliphatic carbocycles. The lowest BCUT2D eigenvalue weighted by molar-refractivity contribution is -0.272. The Hall–Kier alpha value is -0.886. The molecular formula is C35H64O8Si2. The van der Waals surface area contributed by atoms with E-state index < -0.39 is 22.7 Å². The summed E-state index contributed by atoms with van der Waals surface area (Å²) >= 11 is 0. The summed E-state index contributed by atoms with van der Waals surface area (Å²) in [7, 11) is -4.19. The lowest BCUT2D eigenvalue weighted by Gasteiger charge is -2.53. The molecule has 45 heavy (non-hydrogen) atoms. The summed E-state index contributed by atoms with van der Waals surface area (Å²) in [5.41, 5.74) is 1.03. The highest BCUT2D eigenvalue weighted by molar-refractivity contribution is 6.74. The lowest BCUT2D eigenvalue weighted by Crippen LogP contribution is -2.63. The van der Waals surface area contributed by atoms with E-state index in [9.17, 15) is 9.59 Å².